The smallest absolute Gasteiger partial charge is 0.310 e. The summed E-state index contributed by atoms with van der Waals surface area (Å²) in [5, 5.41) is 12.0. The zero-order chi connectivity index (χ0) is 12.7. The van der Waals surface area contributed by atoms with Gasteiger partial charge in [-0.1, -0.05) is 19.3 Å². The predicted octanol–water partition coefficient (Wildman–Crippen LogP) is 1.17. The van der Waals surface area contributed by atoms with Crippen LogP contribution < -0.4 is 5.32 Å². The van der Waals surface area contributed by atoms with Crippen LogP contribution in [-0.2, 0) is 14.3 Å². The number of hydrogen-bond donors (Lipinski definition) is 2. The number of rotatable bonds is 6. The molecule has 0 aliphatic heterocycles. The highest BCUT2D eigenvalue weighted by Gasteiger charge is 2.41. The fourth-order valence-corrected chi connectivity index (χ4v) is 2.36. The largest absolute Gasteiger partial charge is 0.481 e. The summed E-state index contributed by atoms with van der Waals surface area (Å²) in [5.41, 5.74) is -0.838. The minimum absolute atomic E-state index is 0.0893. The second-order valence-electron chi connectivity index (χ2n) is 4.67. The first kappa shape index (κ1) is 14.0. The number of nitrogens with one attached hydrogen (secondary N) is 1. The molecular weight excluding hydrogens is 222 g/mol. The van der Waals surface area contributed by atoms with Crippen LogP contribution in [0.2, 0.25) is 0 Å². The number of carbonyl (C=O) groups is 2. The maximum Gasteiger partial charge on any atom is 0.310 e. The molecule has 1 fully saturated rings. The second-order valence-corrected chi connectivity index (χ2v) is 4.67. The quantitative estimate of drug-likeness (QED) is 0.687. The highest BCUT2D eigenvalue weighted by atomic mass is 16.5. The van der Waals surface area contributed by atoms with E-state index in [4.69, 9.17) is 4.74 Å². The van der Waals surface area contributed by atoms with Gasteiger partial charge in [0.2, 0.25) is 5.91 Å². The Balaban J connectivity index is 2.48. The van der Waals surface area contributed by atoms with E-state index in [-0.39, 0.29) is 12.3 Å². The number of aliphatic carboxylic acids is 1. The maximum absolute atomic E-state index is 11.7. The molecule has 0 aromatic heterocycles. The molecule has 0 heterocycles. The highest BCUT2D eigenvalue weighted by Crippen LogP contribution is 2.39. The van der Waals surface area contributed by atoms with Gasteiger partial charge in [0.1, 0.15) is 0 Å². The van der Waals surface area contributed by atoms with E-state index in [1.807, 2.05) is 0 Å². The summed E-state index contributed by atoms with van der Waals surface area (Å²) in [6.07, 6.45) is 4.18. The number of hydrogen-bond acceptors (Lipinski definition) is 3. The van der Waals surface area contributed by atoms with Crippen molar-refractivity contribution in [3.63, 3.8) is 0 Å². The molecule has 0 unspecified atom stereocenters. The molecule has 98 valence electrons. The zero-order valence-corrected chi connectivity index (χ0v) is 10.3. The SMILES string of the molecule is COCCNC(=O)CC1(C(=O)O)CCCCC1. The molecule has 1 rings (SSSR count). The van der Waals surface area contributed by atoms with Gasteiger partial charge in [-0.2, -0.15) is 0 Å². The minimum Gasteiger partial charge on any atom is -0.481 e. The van der Waals surface area contributed by atoms with Gasteiger partial charge in [0.15, 0.2) is 0 Å². The normalized spacial score (nSPS) is 18.6. The Labute approximate surface area is 102 Å². The number of ether oxygens (including phenoxy) is 1. The summed E-state index contributed by atoms with van der Waals surface area (Å²) in [6, 6.07) is 0. The van der Waals surface area contributed by atoms with Crippen LogP contribution in [0.5, 0.6) is 0 Å². The van der Waals surface area contributed by atoms with Crippen molar-refractivity contribution in [2.75, 3.05) is 20.3 Å². The van der Waals surface area contributed by atoms with Gasteiger partial charge in [0, 0.05) is 20.1 Å². The summed E-state index contributed by atoms with van der Waals surface area (Å²) in [5.74, 6) is -1.02. The Morgan fingerprint density at radius 1 is 1.29 bits per heavy atom. The van der Waals surface area contributed by atoms with Crippen molar-refractivity contribution < 1.29 is 19.4 Å². The van der Waals surface area contributed by atoms with Gasteiger partial charge in [0.05, 0.1) is 12.0 Å². The third-order valence-electron chi connectivity index (χ3n) is 3.39. The predicted molar refractivity (Wildman–Crippen MR) is 62.7 cm³/mol. The fourth-order valence-electron chi connectivity index (χ4n) is 2.36. The van der Waals surface area contributed by atoms with E-state index >= 15 is 0 Å². The molecule has 0 radical (unpaired) electrons. The topological polar surface area (TPSA) is 75.6 Å². The summed E-state index contributed by atoms with van der Waals surface area (Å²) >= 11 is 0. The van der Waals surface area contributed by atoms with Crippen molar-refractivity contribution in [3.8, 4) is 0 Å². The molecule has 0 spiro atoms. The lowest BCUT2D eigenvalue weighted by Crippen LogP contribution is -2.39. The molecule has 17 heavy (non-hydrogen) atoms. The molecule has 0 aromatic rings. The van der Waals surface area contributed by atoms with Crippen LogP contribution in [0.25, 0.3) is 0 Å². The molecule has 1 aliphatic rings. The van der Waals surface area contributed by atoms with Gasteiger partial charge in [0.25, 0.3) is 0 Å². The first-order valence-corrected chi connectivity index (χ1v) is 6.10. The minimum atomic E-state index is -0.838. The van der Waals surface area contributed by atoms with E-state index in [0.717, 1.165) is 19.3 Å². The van der Waals surface area contributed by atoms with Crippen molar-refractivity contribution in [3.05, 3.63) is 0 Å². The Morgan fingerprint density at radius 2 is 1.94 bits per heavy atom. The summed E-state index contributed by atoms with van der Waals surface area (Å²) < 4.78 is 4.82. The van der Waals surface area contributed by atoms with Gasteiger partial charge < -0.3 is 15.2 Å². The number of carboxylic acid groups (broad SMARTS) is 1. The van der Waals surface area contributed by atoms with Crippen LogP contribution in [0.4, 0.5) is 0 Å². The lowest BCUT2D eigenvalue weighted by atomic mass is 9.71. The molecule has 5 heteroatoms. The average molecular weight is 243 g/mol. The number of methoxy groups -OCH3 is 1. The monoisotopic (exact) mass is 243 g/mol. The van der Waals surface area contributed by atoms with Crippen molar-refractivity contribution in [2.24, 2.45) is 5.41 Å². The number of carbonyl (C=O) groups excluding carboxylic acids is 1. The van der Waals surface area contributed by atoms with Crippen LogP contribution in [0.15, 0.2) is 0 Å². The molecule has 2 N–H and O–H groups in total. The van der Waals surface area contributed by atoms with Crippen LogP contribution in [0.3, 0.4) is 0 Å². The van der Waals surface area contributed by atoms with Crippen LogP contribution in [0.1, 0.15) is 38.5 Å². The molecule has 1 amide bonds. The van der Waals surface area contributed by atoms with E-state index < -0.39 is 11.4 Å². The lowest BCUT2D eigenvalue weighted by molar-refractivity contribution is -0.154. The maximum atomic E-state index is 11.7. The first-order chi connectivity index (χ1) is 8.10. The van der Waals surface area contributed by atoms with Gasteiger partial charge in [-0.25, -0.2) is 0 Å². The molecular formula is C12H21NO4. The lowest BCUT2D eigenvalue weighted by Gasteiger charge is -2.32. The van der Waals surface area contributed by atoms with Crippen molar-refractivity contribution in [2.45, 2.75) is 38.5 Å². The number of amides is 1. The average Bonchev–Trinajstić information content (AvgIpc) is 2.30. The Kier molecular flexibility index (Phi) is 5.41. The van der Waals surface area contributed by atoms with E-state index in [9.17, 15) is 14.7 Å². The van der Waals surface area contributed by atoms with E-state index in [0.29, 0.717) is 26.0 Å². The fraction of sp³-hybridized carbons (Fsp3) is 0.833. The molecule has 5 nitrogen and oxygen atoms in total. The van der Waals surface area contributed by atoms with Gasteiger partial charge in [-0.15, -0.1) is 0 Å². The highest BCUT2D eigenvalue weighted by molar-refractivity contribution is 5.85. The molecule has 0 atom stereocenters. The number of carboxylic acids is 1. The summed E-state index contributed by atoms with van der Waals surface area (Å²) in [7, 11) is 1.56. The second kappa shape index (κ2) is 6.59. The molecule has 1 saturated carbocycles. The molecule has 0 saturated heterocycles. The van der Waals surface area contributed by atoms with E-state index in [1.165, 1.54) is 0 Å². The van der Waals surface area contributed by atoms with Crippen LogP contribution in [0, 0.1) is 5.41 Å². The molecule has 1 aliphatic carbocycles. The van der Waals surface area contributed by atoms with Gasteiger partial charge in [-0.3, -0.25) is 9.59 Å². The van der Waals surface area contributed by atoms with Crippen molar-refractivity contribution >= 4 is 11.9 Å². The third-order valence-corrected chi connectivity index (χ3v) is 3.39. The molecule has 0 aromatic carbocycles. The summed E-state index contributed by atoms with van der Waals surface area (Å²) in [6.45, 7) is 0.886. The zero-order valence-electron chi connectivity index (χ0n) is 10.3. The van der Waals surface area contributed by atoms with Crippen molar-refractivity contribution in [1.82, 2.24) is 5.32 Å². The summed E-state index contributed by atoms with van der Waals surface area (Å²) in [4.78, 5) is 23.0. The van der Waals surface area contributed by atoms with E-state index in [2.05, 4.69) is 5.32 Å². The Hall–Kier alpha value is -1.10. The van der Waals surface area contributed by atoms with Gasteiger partial charge >= 0.3 is 5.97 Å². The van der Waals surface area contributed by atoms with E-state index in [1.54, 1.807) is 7.11 Å². The Morgan fingerprint density at radius 3 is 2.47 bits per heavy atom. The van der Waals surface area contributed by atoms with Gasteiger partial charge in [-0.05, 0) is 12.8 Å². The van der Waals surface area contributed by atoms with Crippen LogP contribution in [-0.4, -0.2) is 37.2 Å². The van der Waals surface area contributed by atoms with Crippen LogP contribution >= 0.6 is 0 Å². The third kappa shape index (κ3) is 4.00. The standard InChI is InChI=1S/C12H21NO4/c1-17-8-7-13-10(14)9-12(11(15)16)5-3-2-4-6-12/h2-9H2,1H3,(H,13,14)(H,15,16). The molecule has 0 bridgehead atoms. The first-order valence-electron chi connectivity index (χ1n) is 6.10. The van der Waals surface area contributed by atoms with Crippen molar-refractivity contribution in [1.29, 1.82) is 0 Å². The Bertz CT molecular complexity index is 272.